The Kier molecular flexibility index (Phi) is 3.10. The number of aldehydes is 1. The highest BCUT2D eigenvalue weighted by Gasteiger charge is 2.26. The van der Waals surface area contributed by atoms with Crippen LogP contribution in [0.25, 0.3) is 0 Å². The van der Waals surface area contributed by atoms with Crippen LogP contribution in [-0.4, -0.2) is 29.3 Å². The number of anilines is 1. The molecule has 0 spiro atoms. The molecule has 0 unspecified atom stereocenters. The van der Waals surface area contributed by atoms with Crippen molar-refractivity contribution < 1.29 is 4.79 Å². The molecule has 0 aromatic carbocycles. The number of nitrogens with zero attached hydrogens (tertiary/aromatic N) is 3. The summed E-state index contributed by atoms with van der Waals surface area (Å²) in [5, 5.41) is 0.240. The van der Waals surface area contributed by atoms with Gasteiger partial charge in [0.25, 0.3) is 0 Å². The lowest BCUT2D eigenvalue weighted by molar-refractivity contribution is 0.112. The van der Waals surface area contributed by atoms with Crippen LogP contribution in [0.5, 0.6) is 0 Å². The highest BCUT2D eigenvalue weighted by Crippen LogP contribution is 2.30. The number of aryl methyl sites for hydroxylation is 1. The average Bonchev–Trinajstić information content (AvgIpc) is 2.13. The first kappa shape index (κ1) is 11.3. The minimum Gasteiger partial charge on any atom is -0.356 e. The van der Waals surface area contributed by atoms with E-state index in [-0.39, 0.29) is 5.15 Å². The van der Waals surface area contributed by atoms with Crippen LogP contribution in [0.4, 0.5) is 5.82 Å². The van der Waals surface area contributed by atoms with Gasteiger partial charge in [0.05, 0.1) is 5.56 Å². The number of rotatable bonds is 3. The van der Waals surface area contributed by atoms with Gasteiger partial charge < -0.3 is 4.90 Å². The molecule has 86 valence electrons. The van der Waals surface area contributed by atoms with E-state index in [1.807, 2.05) is 11.9 Å². The molecule has 1 aromatic rings. The third-order valence-corrected chi connectivity index (χ3v) is 3.35. The number of halogens is 1. The van der Waals surface area contributed by atoms with Crippen molar-refractivity contribution in [1.82, 2.24) is 9.97 Å². The predicted octanol–water partition coefficient (Wildman–Crippen LogP) is 2.24. The van der Waals surface area contributed by atoms with E-state index in [2.05, 4.69) is 9.97 Å². The summed E-state index contributed by atoms with van der Waals surface area (Å²) in [5.41, 5.74) is 0.390. The minimum absolute atomic E-state index is 0.240. The fourth-order valence-electron chi connectivity index (χ4n) is 1.85. The molecule has 16 heavy (non-hydrogen) atoms. The van der Waals surface area contributed by atoms with Gasteiger partial charge in [0.1, 0.15) is 16.8 Å². The molecule has 0 N–H and O–H groups in total. The Labute approximate surface area is 99.6 Å². The maximum absolute atomic E-state index is 11.0. The normalized spacial score (nSPS) is 15.7. The summed E-state index contributed by atoms with van der Waals surface area (Å²) < 4.78 is 0. The molecule has 5 heteroatoms. The van der Waals surface area contributed by atoms with Gasteiger partial charge in [-0.3, -0.25) is 4.79 Å². The topological polar surface area (TPSA) is 46.1 Å². The molecule has 1 saturated carbocycles. The largest absolute Gasteiger partial charge is 0.356 e. The Morgan fingerprint density at radius 1 is 1.44 bits per heavy atom. The Hall–Kier alpha value is -1.16. The lowest BCUT2D eigenvalue weighted by atomic mass is 9.92. The second-order valence-corrected chi connectivity index (χ2v) is 4.47. The summed E-state index contributed by atoms with van der Waals surface area (Å²) >= 11 is 5.94. The van der Waals surface area contributed by atoms with Crippen molar-refractivity contribution in [2.24, 2.45) is 0 Å². The molecular formula is C11H14ClN3O. The third kappa shape index (κ3) is 1.89. The third-order valence-electron chi connectivity index (χ3n) is 3.07. The van der Waals surface area contributed by atoms with Crippen molar-refractivity contribution in [1.29, 1.82) is 0 Å². The number of carbonyl (C=O) groups is 1. The van der Waals surface area contributed by atoms with Crippen LogP contribution >= 0.6 is 11.6 Å². The van der Waals surface area contributed by atoms with E-state index < -0.39 is 0 Å². The molecule has 0 amide bonds. The molecule has 0 atom stereocenters. The monoisotopic (exact) mass is 239 g/mol. The average molecular weight is 240 g/mol. The summed E-state index contributed by atoms with van der Waals surface area (Å²) in [6.45, 7) is 1.78. The Bertz CT molecular complexity index is 418. The van der Waals surface area contributed by atoms with E-state index in [0.717, 1.165) is 19.1 Å². The molecule has 1 fully saturated rings. The van der Waals surface area contributed by atoms with Gasteiger partial charge in [-0.05, 0) is 26.2 Å². The Morgan fingerprint density at radius 2 is 2.12 bits per heavy atom. The van der Waals surface area contributed by atoms with Crippen molar-refractivity contribution in [3.05, 3.63) is 16.5 Å². The zero-order valence-electron chi connectivity index (χ0n) is 9.40. The number of carbonyl (C=O) groups excluding carboxylic acids is 1. The van der Waals surface area contributed by atoms with Gasteiger partial charge in [0.15, 0.2) is 6.29 Å². The highest BCUT2D eigenvalue weighted by atomic mass is 35.5. The van der Waals surface area contributed by atoms with Gasteiger partial charge in [-0.15, -0.1) is 0 Å². The number of hydrogen-bond donors (Lipinski definition) is 0. The molecule has 4 nitrogen and oxygen atoms in total. The first-order valence-electron chi connectivity index (χ1n) is 5.35. The van der Waals surface area contributed by atoms with Crippen molar-refractivity contribution in [2.45, 2.75) is 32.2 Å². The molecule has 1 aromatic heterocycles. The number of aromatic nitrogens is 2. The van der Waals surface area contributed by atoms with E-state index >= 15 is 0 Å². The zero-order valence-corrected chi connectivity index (χ0v) is 10.2. The fourth-order valence-corrected chi connectivity index (χ4v) is 2.10. The van der Waals surface area contributed by atoms with E-state index in [1.54, 1.807) is 6.92 Å². The van der Waals surface area contributed by atoms with E-state index in [9.17, 15) is 4.79 Å². The summed E-state index contributed by atoms with van der Waals surface area (Å²) in [7, 11) is 1.95. The predicted molar refractivity (Wildman–Crippen MR) is 63.2 cm³/mol. The second-order valence-electron chi connectivity index (χ2n) is 4.11. The molecule has 0 saturated heterocycles. The molecule has 2 rings (SSSR count). The van der Waals surface area contributed by atoms with E-state index in [1.165, 1.54) is 6.42 Å². The summed E-state index contributed by atoms with van der Waals surface area (Å²) in [5.74, 6) is 1.24. The first-order valence-corrected chi connectivity index (χ1v) is 5.73. The van der Waals surface area contributed by atoms with Crippen LogP contribution in [0, 0.1) is 6.92 Å². The molecule has 0 radical (unpaired) electrons. The SMILES string of the molecule is Cc1nc(Cl)c(C=O)c(N(C)C2CCC2)n1. The standard InChI is InChI=1S/C11H14ClN3O/c1-7-13-10(12)9(6-16)11(14-7)15(2)8-4-3-5-8/h6,8H,3-5H2,1-2H3. The smallest absolute Gasteiger partial charge is 0.156 e. The lowest BCUT2D eigenvalue weighted by Crippen LogP contribution is -2.38. The Morgan fingerprint density at radius 3 is 2.62 bits per heavy atom. The van der Waals surface area contributed by atoms with Crippen molar-refractivity contribution in [3.8, 4) is 0 Å². The Balaban J connectivity index is 2.40. The van der Waals surface area contributed by atoms with E-state index in [0.29, 0.717) is 23.2 Å². The summed E-state index contributed by atoms with van der Waals surface area (Å²) in [6.07, 6.45) is 4.26. The van der Waals surface area contributed by atoms with Crippen LogP contribution in [0.1, 0.15) is 35.4 Å². The minimum atomic E-state index is 0.240. The van der Waals surface area contributed by atoms with Crippen molar-refractivity contribution in [2.75, 3.05) is 11.9 Å². The second kappa shape index (κ2) is 4.37. The maximum Gasteiger partial charge on any atom is 0.156 e. The molecular weight excluding hydrogens is 226 g/mol. The van der Waals surface area contributed by atoms with Gasteiger partial charge in [0, 0.05) is 13.1 Å². The quantitative estimate of drug-likeness (QED) is 0.600. The molecule has 1 aliphatic carbocycles. The van der Waals surface area contributed by atoms with Crippen molar-refractivity contribution in [3.63, 3.8) is 0 Å². The summed E-state index contributed by atoms with van der Waals surface area (Å²) in [4.78, 5) is 21.3. The van der Waals surface area contributed by atoms with Crippen LogP contribution in [0.3, 0.4) is 0 Å². The van der Waals surface area contributed by atoms with Gasteiger partial charge in [-0.2, -0.15) is 0 Å². The first-order chi connectivity index (χ1) is 7.63. The fraction of sp³-hybridized carbons (Fsp3) is 0.545. The molecule has 0 aliphatic heterocycles. The molecule has 1 heterocycles. The van der Waals surface area contributed by atoms with Gasteiger partial charge in [-0.1, -0.05) is 11.6 Å². The maximum atomic E-state index is 11.0. The van der Waals surface area contributed by atoms with Gasteiger partial charge in [0.2, 0.25) is 0 Å². The van der Waals surface area contributed by atoms with Crippen molar-refractivity contribution >= 4 is 23.7 Å². The number of hydrogen-bond acceptors (Lipinski definition) is 4. The van der Waals surface area contributed by atoms with Crippen LogP contribution < -0.4 is 4.90 Å². The summed E-state index contributed by atoms with van der Waals surface area (Å²) in [6, 6.07) is 0.476. The van der Waals surface area contributed by atoms with Crippen LogP contribution in [0.2, 0.25) is 5.15 Å². The van der Waals surface area contributed by atoms with E-state index in [4.69, 9.17) is 11.6 Å². The highest BCUT2D eigenvalue weighted by molar-refractivity contribution is 6.32. The molecule has 0 bridgehead atoms. The van der Waals surface area contributed by atoms with Gasteiger partial charge in [-0.25, -0.2) is 9.97 Å². The van der Waals surface area contributed by atoms with Crippen LogP contribution in [0.15, 0.2) is 0 Å². The zero-order chi connectivity index (χ0) is 11.7. The lowest BCUT2D eigenvalue weighted by Gasteiger charge is -2.36. The van der Waals surface area contributed by atoms with Crippen LogP contribution in [-0.2, 0) is 0 Å². The van der Waals surface area contributed by atoms with Gasteiger partial charge >= 0.3 is 0 Å². The molecule has 1 aliphatic rings.